The third-order valence-electron chi connectivity index (χ3n) is 6.64. The molecule has 1 aromatic heterocycles. The van der Waals surface area contributed by atoms with Crippen LogP contribution in [-0.4, -0.2) is 26.3 Å². The number of hydrazine groups is 1. The summed E-state index contributed by atoms with van der Waals surface area (Å²) in [6, 6.07) is 35.8. The van der Waals surface area contributed by atoms with Crippen LogP contribution in [0.1, 0.15) is 5.56 Å². The number of carbonyl (C=O) groups is 2. The number of aromatic nitrogens is 2. The van der Waals surface area contributed by atoms with Gasteiger partial charge in [-0.3, -0.25) is 14.4 Å². The van der Waals surface area contributed by atoms with E-state index in [0.29, 0.717) is 22.7 Å². The largest absolute Gasteiger partial charge is 0.493 e. The zero-order valence-electron chi connectivity index (χ0n) is 21.7. The molecule has 0 radical (unpaired) electrons. The summed E-state index contributed by atoms with van der Waals surface area (Å²) in [4.78, 5) is 40.7. The van der Waals surface area contributed by atoms with Gasteiger partial charge in [-0.05, 0) is 60.7 Å². The van der Waals surface area contributed by atoms with Gasteiger partial charge in [-0.1, -0.05) is 78.9 Å². The number of hydrogen-bond acceptors (Lipinski definition) is 4. The van der Waals surface area contributed by atoms with E-state index in [0.717, 1.165) is 0 Å². The van der Waals surface area contributed by atoms with E-state index in [9.17, 15) is 19.5 Å². The molecular weight excluding hydrogens is 516 g/mol. The maximum Gasteiger partial charge on any atom is 0.283 e. The zero-order valence-corrected chi connectivity index (χ0v) is 21.7. The molecule has 0 spiro atoms. The Morgan fingerprint density at radius 2 is 0.902 bits per heavy atom. The molecule has 0 aliphatic carbocycles. The van der Waals surface area contributed by atoms with E-state index in [1.807, 2.05) is 36.4 Å². The van der Waals surface area contributed by atoms with E-state index in [1.54, 1.807) is 84.9 Å². The minimum absolute atomic E-state index is 0.00674. The minimum Gasteiger partial charge on any atom is -0.493 e. The number of nitrogens with zero attached hydrogens (tertiary/aromatic N) is 4. The second kappa shape index (κ2) is 10.7. The van der Waals surface area contributed by atoms with Crippen molar-refractivity contribution in [2.24, 2.45) is 0 Å². The molecule has 41 heavy (non-hydrogen) atoms. The van der Waals surface area contributed by atoms with Gasteiger partial charge in [-0.2, -0.15) is 0 Å². The average Bonchev–Trinajstić information content (AvgIpc) is 3.42. The van der Waals surface area contributed by atoms with E-state index in [4.69, 9.17) is 0 Å². The zero-order chi connectivity index (χ0) is 28.3. The predicted octanol–water partition coefficient (Wildman–Crippen LogP) is 5.27. The van der Waals surface area contributed by atoms with Gasteiger partial charge in [0.1, 0.15) is 11.1 Å². The summed E-state index contributed by atoms with van der Waals surface area (Å²) in [5, 5.41) is 13.8. The number of anilines is 2. The van der Waals surface area contributed by atoms with Gasteiger partial charge < -0.3 is 5.11 Å². The van der Waals surface area contributed by atoms with E-state index < -0.39 is 17.4 Å². The van der Waals surface area contributed by atoms with Crippen molar-refractivity contribution >= 4 is 29.3 Å². The molecule has 0 atom stereocenters. The molecule has 200 valence electrons. The Hall–Kier alpha value is -5.89. The van der Waals surface area contributed by atoms with Crippen molar-refractivity contribution in [2.45, 2.75) is 0 Å². The lowest BCUT2D eigenvalue weighted by Crippen LogP contribution is -2.41. The van der Waals surface area contributed by atoms with E-state index >= 15 is 0 Å². The quantitative estimate of drug-likeness (QED) is 0.235. The van der Waals surface area contributed by atoms with Crippen molar-refractivity contribution in [1.29, 1.82) is 0 Å². The van der Waals surface area contributed by atoms with Crippen molar-refractivity contribution < 1.29 is 14.7 Å². The van der Waals surface area contributed by atoms with E-state index in [2.05, 4.69) is 0 Å². The van der Waals surface area contributed by atoms with Crippen LogP contribution in [0.4, 0.5) is 11.4 Å². The van der Waals surface area contributed by atoms with Crippen LogP contribution in [0, 0.1) is 0 Å². The van der Waals surface area contributed by atoms with Crippen LogP contribution in [0.5, 0.6) is 5.88 Å². The van der Waals surface area contributed by atoms with Crippen LogP contribution in [0.15, 0.2) is 144 Å². The van der Waals surface area contributed by atoms with Crippen LogP contribution >= 0.6 is 0 Å². The highest BCUT2D eigenvalue weighted by Gasteiger charge is 2.42. The van der Waals surface area contributed by atoms with Crippen LogP contribution in [0.3, 0.4) is 0 Å². The van der Waals surface area contributed by atoms with Gasteiger partial charge >= 0.3 is 0 Å². The minimum atomic E-state index is -0.512. The highest BCUT2D eigenvalue weighted by atomic mass is 16.3. The van der Waals surface area contributed by atoms with Crippen molar-refractivity contribution in [1.82, 2.24) is 9.36 Å². The number of aromatic hydroxyl groups is 1. The molecule has 4 aromatic carbocycles. The number of allylic oxidation sites excluding steroid dienone is 2. The monoisotopic (exact) mass is 540 g/mol. The van der Waals surface area contributed by atoms with Crippen LogP contribution < -0.4 is 15.6 Å². The fourth-order valence-electron chi connectivity index (χ4n) is 4.75. The molecule has 1 aliphatic rings. The maximum atomic E-state index is 13.6. The van der Waals surface area contributed by atoms with Gasteiger partial charge in [0.2, 0.25) is 5.88 Å². The molecule has 5 aromatic rings. The Morgan fingerprint density at radius 1 is 0.512 bits per heavy atom. The van der Waals surface area contributed by atoms with Crippen molar-refractivity contribution in [3.8, 4) is 17.3 Å². The van der Waals surface area contributed by atoms with Crippen LogP contribution in [0.2, 0.25) is 0 Å². The average molecular weight is 541 g/mol. The van der Waals surface area contributed by atoms with Crippen molar-refractivity contribution in [2.75, 3.05) is 10.0 Å². The number of rotatable bonds is 6. The standard InChI is InChI=1S/C33H24N4O4/c38-30-28(31(39)35(25-16-7-2-8-17-25)34(30)24-14-5-1-6-15-24)22-13-23-29-32(40)36(26-18-9-3-10-19-26)37(33(29)41)27-20-11-4-12-21-27/h1-23,38H/b22-13+. The molecule has 1 fully saturated rings. The molecule has 0 unspecified atom stereocenters. The normalized spacial score (nSPS) is 13.4. The molecule has 8 nitrogen and oxygen atoms in total. The van der Waals surface area contributed by atoms with Gasteiger partial charge in [0.25, 0.3) is 17.4 Å². The molecular formula is C33H24N4O4. The number of hydrogen-bond donors (Lipinski definition) is 1. The van der Waals surface area contributed by atoms with Gasteiger partial charge in [0.05, 0.1) is 22.7 Å². The van der Waals surface area contributed by atoms with Gasteiger partial charge in [-0.25, -0.2) is 19.4 Å². The number of carbonyl (C=O) groups excluding carboxylic acids is 2. The first kappa shape index (κ1) is 25.4. The SMILES string of the molecule is O=C1C(=C/C=C/c2c(O)n(-c3ccccc3)n(-c3ccccc3)c2=O)C(=O)N(c2ccccc2)N1c1ccccc1. The Bertz CT molecular complexity index is 1780. The maximum absolute atomic E-state index is 13.6. The second-order valence-corrected chi connectivity index (χ2v) is 9.18. The molecule has 1 N–H and O–H groups in total. The summed E-state index contributed by atoms with van der Waals surface area (Å²) in [7, 11) is 0. The number of benzene rings is 4. The first-order valence-corrected chi connectivity index (χ1v) is 12.9. The fraction of sp³-hybridized carbons (Fsp3) is 0. The lowest BCUT2D eigenvalue weighted by molar-refractivity contribution is -0.116. The Balaban J connectivity index is 1.43. The third kappa shape index (κ3) is 4.53. The molecule has 2 amide bonds. The van der Waals surface area contributed by atoms with Gasteiger partial charge in [-0.15, -0.1) is 0 Å². The van der Waals surface area contributed by atoms with E-state index in [1.165, 1.54) is 37.6 Å². The lowest BCUT2D eigenvalue weighted by Gasteiger charge is -2.27. The number of para-hydroxylation sites is 4. The molecule has 1 aliphatic heterocycles. The Labute approximate surface area is 235 Å². The van der Waals surface area contributed by atoms with Crippen LogP contribution in [-0.2, 0) is 9.59 Å². The highest BCUT2D eigenvalue weighted by Crippen LogP contribution is 2.31. The molecule has 1 saturated heterocycles. The van der Waals surface area contributed by atoms with E-state index in [-0.39, 0.29) is 17.0 Å². The third-order valence-corrected chi connectivity index (χ3v) is 6.64. The second-order valence-electron chi connectivity index (χ2n) is 9.18. The summed E-state index contributed by atoms with van der Waals surface area (Å²) in [5.41, 5.74) is 1.67. The first-order valence-electron chi connectivity index (χ1n) is 12.9. The van der Waals surface area contributed by atoms with Crippen molar-refractivity contribution in [3.05, 3.63) is 155 Å². The topological polar surface area (TPSA) is 87.8 Å². The summed E-state index contributed by atoms with van der Waals surface area (Å²) < 4.78 is 2.79. The highest BCUT2D eigenvalue weighted by molar-refractivity contribution is 6.36. The fourth-order valence-corrected chi connectivity index (χ4v) is 4.75. The Kier molecular flexibility index (Phi) is 6.63. The van der Waals surface area contributed by atoms with Gasteiger partial charge in [0.15, 0.2) is 0 Å². The molecule has 8 heteroatoms. The molecule has 0 saturated carbocycles. The first-order chi connectivity index (χ1) is 20.1. The Morgan fingerprint density at radius 3 is 1.34 bits per heavy atom. The predicted molar refractivity (Wildman–Crippen MR) is 158 cm³/mol. The lowest BCUT2D eigenvalue weighted by atomic mass is 10.2. The number of amides is 2. The van der Waals surface area contributed by atoms with Crippen LogP contribution in [0.25, 0.3) is 17.5 Å². The summed E-state index contributed by atoms with van der Waals surface area (Å²) in [6.45, 7) is 0. The summed E-state index contributed by atoms with van der Waals surface area (Å²) in [5.74, 6) is -1.30. The summed E-state index contributed by atoms with van der Waals surface area (Å²) >= 11 is 0. The molecule has 2 heterocycles. The van der Waals surface area contributed by atoms with Crippen molar-refractivity contribution in [3.63, 3.8) is 0 Å². The molecule has 0 bridgehead atoms. The smallest absolute Gasteiger partial charge is 0.283 e. The van der Waals surface area contributed by atoms with Gasteiger partial charge in [0, 0.05) is 0 Å². The molecule has 6 rings (SSSR count). The summed E-state index contributed by atoms with van der Waals surface area (Å²) in [6.07, 6.45) is 4.21.